The average Bonchev–Trinajstić information content (AvgIpc) is 3.07. The van der Waals surface area contributed by atoms with Crippen molar-refractivity contribution < 1.29 is 4.79 Å². The first-order valence-electron chi connectivity index (χ1n) is 7.12. The van der Waals surface area contributed by atoms with E-state index in [0.717, 1.165) is 36.5 Å². The van der Waals surface area contributed by atoms with Crippen molar-refractivity contribution in [1.82, 2.24) is 25.2 Å². The van der Waals surface area contributed by atoms with E-state index in [1.165, 1.54) is 6.07 Å². The van der Waals surface area contributed by atoms with E-state index < -0.39 is 0 Å². The molecule has 3 N–H and O–H groups in total. The molecule has 1 atom stereocenters. The number of hydrogen-bond donors (Lipinski definition) is 3. The van der Waals surface area contributed by atoms with Gasteiger partial charge in [-0.1, -0.05) is 0 Å². The maximum Gasteiger partial charge on any atom is 0.266 e. The minimum absolute atomic E-state index is 0.0497. The second-order valence-corrected chi connectivity index (χ2v) is 5.48. The second kappa shape index (κ2) is 5.33. The SMILES string of the molecule is Cc1nc2cc(=O)[nH]n2c(C)c1CNC(=O)[C@H]1CCNC1. The number of carbonyl (C=O) groups is 1. The number of aromatic nitrogens is 3. The Morgan fingerprint density at radius 2 is 2.33 bits per heavy atom. The highest BCUT2D eigenvalue weighted by Crippen LogP contribution is 2.14. The summed E-state index contributed by atoms with van der Waals surface area (Å²) in [7, 11) is 0. The van der Waals surface area contributed by atoms with E-state index in [-0.39, 0.29) is 17.4 Å². The number of fused-ring (bicyclic) bond motifs is 1. The number of nitrogens with one attached hydrogen (secondary N) is 3. The molecule has 1 aliphatic heterocycles. The monoisotopic (exact) mass is 289 g/mol. The maximum atomic E-state index is 12.1. The topological polar surface area (TPSA) is 91.3 Å². The van der Waals surface area contributed by atoms with Crippen LogP contribution in [0, 0.1) is 19.8 Å². The predicted molar refractivity (Wildman–Crippen MR) is 78.1 cm³/mol. The van der Waals surface area contributed by atoms with Crippen LogP contribution >= 0.6 is 0 Å². The van der Waals surface area contributed by atoms with Gasteiger partial charge in [-0.25, -0.2) is 9.50 Å². The van der Waals surface area contributed by atoms with Gasteiger partial charge in [0.25, 0.3) is 5.56 Å². The third kappa shape index (κ3) is 2.56. The van der Waals surface area contributed by atoms with Crippen molar-refractivity contribution in [3.05, 3.63) is 33.4 Å². The summed E-state index contributed by atoms with van der Waals surface area (Å²) < 4.78 is 1.66. The normalized spacial score (nSPS) is 18.3. The van der Waals surface area contributed by atoms with Gasteiger partial charge < -0.3 is 10.6 Å². The number of nitrogens with zero attached hydrogens (tertiary/aromatic N) is 2. The molecule has 0 bridgehead atoms. The van der Waals surface area contributed by atoms with Crippen LogP contribution in [0.25, 0.3) is 5.65 Å². The van der Waals surface area contributed by atoms with Crippen LogP contribution in [0.4, 0.5) is 0 Å². The van der Waals surface area contributed by atoms with Crippen molar-refractivity contribution in [2.45, 2.75) is 26.8 Å². The van der Waals surface area contributed by atoms with E-state index in [9.17, 15) is 9.59 Å². The number of H-pyrrole nitrogens is 1. The minimum atomic E-state index is -0.178. The maximum absolute atomic E-state index is 12.1. The fourth-order valence-corrected chi connectivity index (χ4v) is 2.81. The summed E-state index contributed by atoms with van der Waals surface area (Å²) in [5, 5.41) is 8.87. The van der Waals surface area contributed by atoms with Crippen molar-refractivity contribution in [1.29, 1.82) is 0 Å². The number of carbonyl (C=O) groups excluding carboxylic acids is 1. The van der Waals surface area contributed by atoms with Gasteiger partial charge in [0.05, 0.1) is 5.92 Å². The van der Waals surface area contributed by atoms with Gasteiger partial charge in [0, 0.05) is 36.1 Å². The van der Waals surface area contributed by atoms with Crippen LogP contribution in [0.2, 0.25) is 0 Å². The summed E-state index contributed by atoms with van der Waals surface area (Å²) in [5.74, 6) is 0.119. The number of aromatic amines is 1. The first-order chi connectivity index (χ1) is 10.1. The molecule has 7 nitrogen and oxygen atoms in total. The van der Waals surface area contributed by atoms with Crippen molar-refractivity contribution in [3.63, 3.8) is 0 Å². The van der Waals surface area contributed by atoms with Gasteiger partial charge in [0.15, 0.2) is 5.65 Å². The van der Waals surface area contributed by atoms with Gasteiger partial charge in [0.1, 0.15) is 0 Å². The molecule has 3 heterocycles. The zero-order chi connectivity index (χ0) is 15.0. The van der Waals surface area contributed by atoms with Gasteiger partial charge in [-0.2, -0.15) is 0 Å². The standard InChI is InChI=1S/C14H19N5O2/c1-8-11(7-16-14(21)10-3-4-15-6-10)9(2)19-12(17-8)5-13(20)18-19/h5,10,15H,3-4,6-7H2,1-2H3,(H,16,21)(H,18,20)/t10-/m0/s1. The fraction of sp³-hybridized carbons (Fsp3) is 0.500. The van der Waals surface area contributed by atoms with E-state index in [0.29, 0.717) is 12.2 Å². The van der Waals surface area contributed by atoms with E-state index >= 15 is 0 Å². The molecular formula is C14H19N5O2. The van der Waals surface area contributed by atoms with Gasteiger partial charge in [0.2, 0.25) is 5.91 Å². The lowest BCUT2D eigenvalue weighted by atomic mass is 10.1. The largest absolute Gasteiger partial charge is 0.352 e. The van der Waals surface area contributed by atoms with Gasteiger partial charge >= 0.3 is 0 Å². The van der Waals surface area contributed by atoms with Crippen molar-refractivity contribution in [2.75, 3.05) is 13.1 Å². The Balaban J connectivity index is 1.83. The fourth-order valence-electron chi connectivity index (χ4n) is 2.81. The summed E-state index contributed by atoms with van der Waals surface area (Å²) in [5.41, 5.74) is 3.09. The summed E-state index contributed by atoms with van der Waals surface area (Å²) in [6.07, 6.45) is 0.881. The van der Waals surface area contributed by atoms with Crippen LogP contribution in [0.5, 0.6) is 0 Å². The van der Waals surface area contributed by atoms with Crippen molar-refractivity contribution >= 4 is 11.6 Å². The summed E-state index contributed by atoms with van der Waals surface area (Å²) in [6, 6.07) is 1.46. The zero-order valence-corrected chi connectivity index (χ0v) is 12.2. The Morgan fingerprint density at radius 3 is 3.05 bits per heavy atom. The first-order valence-corrected chi connectivity index (χ1v) is 7.12. The Hall–Kier alpha value is -2.15. The van der Waals surface area contributed by atoms with Gasteiger partial charge in [-0.15, -0.1) is 0 Å². The lowest BCUT2D eigenvalue weighted by Gasteiger charge is -2.14. The summed E-state index contributed by atoms with van der Waals surface area (Å²) in [6.45, 7) is 5.87. The molecule has 0 unspecified atom stereocenters. The minimum Gasteiger partial charge on any atom is -0.352 e. The molecule has 0 aliphatic carbocycles. The zero-order valence-electron chi connectivity index (χ0n) is 12.2. The Bertz CT molecular complexity index is 740. The molecular weight excluding hydrogens is 270 g/mol. The molecule has 0 aromatic carbocycles. The predicted octanol–water partition coefficient (Wildman–Crippen LogP) is -0.135. The van der Waals surface area contributed by atoms with Crippen LogP contribution in [-0.2, 0) is 11.3 Å². The lowest BCUT2D eigenvalue weighted by molar-refractivity contribution is -0.124. The van der Waals surface area contributed by atoms with Crippen molar-refractivity contribution in [3.8, 4) is 0 Å². The third-order valence-electron chi connectivity index (χ3n) is 4.07. The molecule has 21 heavy (non-hydrogen) atoms. The van der Waals surface area contributed by atoms with E-state index in [4.69, 9.17) is 0 Å². The molecule has 1 amide bonds. The molecule has 3 rings (SSSR count). The molecule has 0 radical (unpaired) electrons. The molecule has 2 aromatic rings. The molecule has 1 saturated heterocycles. The van der Waals surface area contributed by atoms with Crippen LogP contribution in [0.15, 0.2) is 10.9 Å². The average molecular weight is 289 g/mol. The smallest absolute Gasteiger partial charge is 0.266 e. The van der Waals surface area contributed by atoms with Gasteiger partial charge in [-0.3, -0.25) is 14.7 Å². The Kier molecular flexibility index (Phi) is 3.50. The molecule has 1 fully saturated rings. The quantitative estimate of drug-likeness (QED) is 0.734. The molecule has 7 heteroatoms. The van der Waals surface area contributed by atoms with E-state index in [2.05, 4.69) is 20.7 Å². The Morgan fingerprint density at radius 1 is 1.52 bits per heavy atom. The number of hydrogen-bond acceptors (Lipinski definition) is 4. The highest BCUT2D eigenvalue weighted by molar-refractivity contribution is 5.79. The van der Waals surface area contributed by atoms with Crippen LogP contribution in [-0.4, -0.2) is 33.6 Å². The third-order valence-corrected chi connectivity index (χ3v) is 4.07. The number of amides is 1. The molecule has 0 spiro atoms. The van der Waals surface area contributed by atoms with Crippen LogP contribution in [0.1, 0.15) is 23.4 Å². The highest BCUT2D eigenvalue weighted by atomic mass is 16.2. The van der Waals surface area contributed by atoms with E-state index in [1.54, 1.807) is 4.52 Å². The molecule has 1 aliphatic rings. The second-order valence-electron chi connectivity index (χ2n) is 5.48. The summed E-state index contributed by atoms with van der Waals surface area (Å²) in [4.78, 5) is 27.9. The lowest BCUT2D eigenvalue weighted by Crippen LogP contribution is -2.32. The van der Waals surface area contributed by atoms with E-state index in [1.807, 2.05) is 13.8 Å². The van der Waals surface area contributed by atoms with Crippen LogP contribution in [0.3, 0.4) is 0 Å². The summed E-state index contributed by atoms with van der Waals surface area (Å²) >= 11 is 0. The molecule has 2 aromatic heterocycles. The first kappa shape index (κ1) is 13.8. The molecule has 0 saturated carbocycles. The Labute approximate surface area is 121 Å². The van der Waals surface area contributed by atoms with Crippen LogP contribution < -0.4 is 16.2 Å². The number of aryl methyl sites for hydroxylation is 2. The molecule has 112 valence electrons. The number of rotatable bonds is 3. The van der Waals surface area contributed by atoms with Gasteiger partial charge in [-0.05, 0) is 26.8 Å². The van der Waals surface area contributed by atoms with Crippen molar-refractivity contribution in [2.24, 2.45) is 5.92 Å². The highest BCUT2D eigenvalue weighted by Gasteiger charge is 2.22.